The largest absolute Gasteiger partial charge is 0.444 e. The number of fused-ring (bicyclic) bond motifs is 2. The first kappa shape index (κ1) is 28.1. The van der Waals surface area contributed by atoms with Crippen LogP contribution < -0.4 is 21.5 Å². The first-order chi connectivity index (χ1) is 19.6. The molecule has 1 aliphatic rings. The number of nitrogens with zero attached hydrogens (tertiary/aromatic N) is 6. The third kappa shape index (κ3) is 5.75. The van der Waals surface area contributed by atoms with Crippen LogP contribution in [0.25, 0.3) is 21.9 Å². The second-order valence-corrected chi connectivity index (χ2v) is 11.4. The number of hydrogen-bond acceptors (Lipinski definition) is 7. The molecule has 0 radical (unpaired) electrons. The van der Waals surface area contributed by atoms with E-state index in [-0.39, 0.29) is 12.6 Å². The number of aryl methyl sites for hydroxylation is 1. The Bertz CT molecular complexity index is 1740. The number of nitrogens with one attached hydrogen (secondary N) is 1. The van der Waals surface area contributed by atoms with Crippen molar-refractivity contribution in [2.45, 2.75) is 65.3 Å². The lowest BCUT2D eigenvalue weighted by Gasteiger charge is -2.34. The average molecular weight is 560 g/mol. The summed E-state index contributed by atoms with van der Waals surface area (Å²) in [4.78, 5) is 51.4. The number of imidazole rings is 1. The molecule has 41 heavy (non-hydrogen) atoms. The number of alkyl carbamates (subject to hydrolysis) is 1. The van der Waals surface area contributed by atoms with Gasteiger partial charge in [0, 0.05) is 44.3 Å². The molecule has 4 heterocycles. The summed E-state index contributed by atoms with van der Waals surface area (Å²) in [6, 6.07) is 9.54. The first-order valence-electron chi connectivity index (χ1n) is 14.0. The molecule has 0 bridgehead atoms. The molecule has 3 aromatic heterocycles. The molecular formula is C30H37N7O4. The molecule has 0 aliphatic carbocycles. The van der Waals surface area contributed by atoms with E-state index in [1.807, 2.05) is 74.7 Å². The lowest BCUT2D eigenvalue weighted by Crippen LogP contribution is -2.49. The number of rotatable bonds is 6. The predicted octanol–water partition coefficient (Wildman–Crippen LogP) is 3.56. The number of hydrogen-bond donors (Lipinski definition) is 1. The van der Waals surface area contributed by atoms with E-state index in [0.29, 0.717) is 42.4 Å². The Hall–Kier alpha value is -4.41. The molecule has 1 aliphatic heterocycles. The summed E-state index contributed by atoms with van der Waals surface area (Å²) >= 11 is 0. The molecular weight excluding hydrogens is 522 g/mol. The van der Waals surface area contributed by atoms with Crippen molar-refractivity contribution in [1.82, 2.24) is 29.0 Å². The van der Waals surface area contributed by atoms with Gasteiger partial charge in [-0.15, -0.1) is 0 Å². The molecule has 5 rings (SSSR count). The molecule has 1 fully saturated rings. The van der Waals surface area contributed by atoms with Crippen molar-refractivity contribution in [2.24, 2.45) is 7.05 Å². The smallest absolute Gasteiger partial charge is 0.407 e. The molecule has 1 aromatic carbocycles. The Morgan fingerprint density at radius 1 is 1.17 bits per heavy atom. The van der Waals surface area contributed by atoms with Crippen molar-refractivity contribution in [2.75, 3.05) is 18.0 Å². The Morgan fingerprint density at radius 3 is 2.71 bits per heavy atom. The number of amides is 1. The van der Waals surface area contributed by atoms with Gasteiger partial charge in [-0.2, -0.15) is 4.98 Å². The van der Waals surface area contributed by atoms with Crippen LogP contribution in [-0.2, 0) is 24.9 Å². The van der Waals surface area contributed by atoms with E-state index in [2.05, 4.69) is 15.2 Å². The number of pyridine rings is 1. The van der Waals surface area contributed by atoms with Gasteiger partial charge in [-0.3, -0.25) is 18.9 Å². The van der Waals surface area contributed by atoms with Crippen LogP contribution in [0.3, 0.4) is 0 Å². The summed E-state index contributed by atoms with van der Waals surface area (Å²) < 4.78 is 9.98. The van der Waals surface area contributed by atoms with Gasteiger partial charge in [0.15, 0.2) is 11.2 Å². The fraction of sp³-hybridized carbons (Fsp3) is 0.433. The average Bonchev–Trinajstić information content (AvgIpc) is 3.32. The highest BCUT2D eigenvalue weighted by molar-refractivity contribution is 5.84. The molecule has 216 valence electrons. The maximum atomic E-state index is 14.0. The lowest BCUT2D eigenvalue weighted by molar-refractivity contribution is 0.0499. The Kier molecular flexibility index (Phi) is 7.70. The summed E-state index contributed by atoms with van der Waals surface area (Å²) in [5.41, 5.74) is -0.144. The van der Waals surface area contributed by atoms with Crippen molar-refractivity contribution in [3.05, 3.63) is 75.2 Å². The normalized spacial score (nSPS) is 16.1. The molecule has 0 spiro atoms. The first-order valence-corrected chi connectivity index (χ1v) is 14.0. The molecule has 4 aromatic rings. The topological polar surface area (TPSA) is 116 Å². The van der Waals surface area contributed by atoms with Gasteiger partial charge in [-0.1, -0.05) is 36.4 Å². The SMILES string of the molecule is C/C=C/Cn1c(N2CCCC(NC(=O)OC(C)(C)C)C2)nc2c1c(=O)n(Cc1nccc3ccccc13)c(=O)n2C. The summed E-state index contributed by atoms with van der Waals surface area (Å²) in [5.74, 6) is 0.585. The van der Waals surface area contributed by atoms with Crippen LogP contribution in [0.15, 0.2) is 58.3 Å². The number of ether oxygens (including phenoxy) is 1. The third-order valence-electron chi connectivity index (χ3n) is 7.23. The molecule has 1 saturated heterocycles. The summed E-state index contributed by atoms with van der Waals surface area (Å²) in [5, 5.41) is 4.85. The van der Waals surface area contributed by atoms with Crippen molar-refractivity contribution in [3.63, 3.8) is 0 Å². The van der Waals surface area contributed by atoms with Crippen molar-refractivity contribution < 1.29 is 9.53 Å². The quantitative estimate of drug-likeness (QED) is 0.359. The predicted molar refractivity (Wildman–Crippen MR) is 159 cm³/mol. The molecule has 11 heteroatoms. The van der Waals surface area contributed by atoms with Crippen molar-refractivity contribution >= 4 is 34.0 Å². The zero-order valence-electron chi connectivity index (χ0n) is 24.3. The lowest BCUT2D eigenvalue weighted by atomic mass is 10.1. The van der Waals surface area contributed by atoms with E-state index in [1.54, 1.807) is 13.2 Å². The van der Waals surface area contributed by atoms with Crippen LogP contribution in [0.1, 0.15) is 46.2 Å². The van der Waals surface area contributed by atoms with Gasteiger partial charge < -0.3 is 19.5 Å². The van der Waals surface area contributed by atoms with E-state index in [0.717, 1.165) is 23.6 Å². The minimum absolute atomic E-state index is 0.0402. The number of allylic oxidation sites excluding steroid dienone is 2. The standard InChI is InChI=1S/C30H37N7O4/c1-6-7-17-36-24-25(33-27(36)35-16-10-12-21(18-35)32-28(39)41-30(2,3)4)34(5)29(40)37(26(24)38)19-23-22-13-9-8-11-20(22)14-15-31-23/h6-9,11,13-15,21H,10,12,16-19H2,1-5H3,(H,32,39)/b7-6+. The van der Waals surface area contributed by atoms with Gasteiger partial charge in [0.2, 0.25) is 5.95 Å². The summed E-state index contributed by atoms with van der Waals surface area (Å²) in [7, 11) is 1.64. The minimum Gasteiger partial charge on any atom is -0.444 e. The van der Waals surface area contributed by atoms with Crippen LogP contribution in [0.5, 0.6) is 0 Å². The molecule has 1 atom stereocenters. The van der Waals surface area contributed by atoms with Gasteiger partial charge in [0.1, 0.15) is 5.60 Å². The number of anilines is 1. The molecule has 11 nitrogen and oxygen atoms in total. The monoisotopic (exact) mass is 559 g/mol. The third-order valence-corrected chi connectivity index (χ3v) is 7.23. The number of piperidine rings is 1. The van der Waals surface area contributed by atoms with Gasteiger partial charge in [-0.05, 0) is 52.0 Å². The van der Waals surface area contributed by atoms with E-state index in [4.69, 9.17) is 9.72 Å². The highest BCUT2D eigenvalue weighted by Gasteiger charge is 2.29. The van der Waals surface area contributed by atoms with Crippen LogP contribution >= 0.6 is 0 Å². The fourth-order valence-corrected chi connectivity index (χ4v) is 5.33. The van der Waals surface area contributed by atoms with E-state index in [9.17, 15) is 14.4 Å². The highest BCUT2D eigenvalue weighted by atomic mass is 16.6. The van der Waals surface area contributed by atoms with Gasteiger partial charge in [0.25, 0.3) is 5.56 Å². The van der Waals surface area contributed by atoms with E-state index < -0.39 is 22.9 Å². The van der Waals surface area contributed by atoms with Crippen LogP contribution in [0.4, 0.5) is 10.7 Å². The summed E-state index contributed by atoms with van der Waals surface area (Å²) in [6.45, 7) is 9.06. The second kappa shape index (κ2) is 11.2. The number of carbonyl (C=O) groups excluding carboxylic acids is 1. The zero-order chi connectivity index (χ0) is 29.3. The van der Waals surface area contributed by atoms with Gasteiger partial charge in [0.05, 0.1) is 12.2 Å². The fourth-order valence-electron chi connectivity index (χ4n) is 5.33. The van der Waals surface area contributed by atoms with Crippen LogP contribution in [-0.4, -0.2) is 54.5 Å². The Balaban J connectivity index is 1.56. The maximum Gasteiger partial charge on any atom is 0.407 e. The molecule has 1 amide bonds. The number of aromatic nitrogens is 5. The minimum atomic E-state index is -0.592. The zero-order valence-corrected chi connectivity index (χ0v) is 24.3. The highest BCUT2D eigenvalue weighted by Crippen LogP contribution is 2.24. The van der Waals surface area contributed by atoms with Gasteiger partial charge in [-0.25, -0.2) is 9.59 Å². The number of benzene rings is 1. The second-order valence-electron chi connectivity index (χ2n) is 11.4. The van der Waals surface area contributed by atoms with Gasteiger partial charge >= 0.3 is 11.8 Å². The van der Waals surface area contributed by atoms with Crippen LogP contribution in [0, 0.1) is 0 Å². The van der Waals surface area contributed by atoms with E-state index in [1.165, 1.54) is 9.13 Å². The van der Waals surface area contributed by atoms with Crippen LogP contribution in [0.2, 0.25) is 0 Å². The van der Waals surface area contributed by atoms with E-state index >= 15 is 0 Å². The Morgan fingerprint density at radius 2 is 1.95 bits per heavy atom. The molecule has 1 unspecified atom stereocenters. The Labute approximate surface area is 238 Å². The number of carbonyl (C=O) groups is 1. The van der Waals surface area contributed by atoms with Crippen molar-refractivity contribution in [3.8, 4) is 0 Å². The molecule has 1 N–H and O–H groups in total. The van der Waals surface area contributed by atoms with Crippen molar-refractivity contribution in [1.29, 1.82) is 0 Å². The maximum absolute atomic E-state index is 14.0. The summed E-state index contributed by atoms with van der Waals surface area (Å²) in [6.07, 6.45) is 6.72. The molecule has 0 saturated carbocycles.